The maximum Gasteiger partial charge on any atom is 0.275 e. The van der Waals surface area contributed by atoms with Gasteiger partial charge in [-0.05, 0) is 106 Å². The Balaban J connectivity index is 1.06. The second kappa shape index (κ2) is 21.5. The van der Waals surface area contributed by atoms with Gasteiger partial charge < -0.3 is 33.0 Å². The molecule has 1 saturated heterocycles. The van der Waals surface area contributed by atoms with Gasteiger partial charge >= 0.3 is 0 Å². The van der Waals surface area contributed by atoms with Gasteiger partial charge in [-0.2, -0.15) is 5.10 Å². The number of halogens is 2. The predicted octanol–water partition coefficient (Wildman–Crippen LogP) is 10.8. The molecule has 0 saturated carbocycles. The van der Waals surface area contributed by atoms with E-state index >= 15 is 4.79 Å². The first-order valence-electron chi connectivity index (χ1n) is 24.8. The Bertz CT molecular complexity index is 3220. The van der Waals surface area contributed by atoms with Crippen LogP contribution in [-0.2, 0) is 46.9 Å². The standard InChI is InChI=1S/C56H61Cl2N9O5/c1-35-27-42(28-36(2)52(35)58)72-23-10-13-43-44-15-16-46(57)51(50-38(4)60-49(61-39(50)5)33-71-32-40-11-8-7-9-12-40)53(44)67-37(3)30-66(56(68)54(43)67)48-31-64(19-18-63-20-25-70-26-21-63)47-17-14-41(29-45(47)48)55-59-34-65(62-55)22-24-69-6/h7-9,11-12,14-17,27-29,31,34,37H,10,13,18-26,30,32-33H2,1-6H3/t37-/m1/s1. The smallest absolute Gasteiger partial charge is 0.275 e. The van der Waals surface area contributed by atoms with Crippen molar-refractivity contribution in [3.8, 4) is 28.3 Å². The van der Waals surface area contributed by atoms with Gasteiger partial charge in [0.1, 0.15) is 24.4 Å². The molecule has 1 atom stereocenters. The number of anilines is 1. The number of hydrogen-bond acceptors (Lipinski definition) is 10. The van der Waals surface area contributed by atoms with Gasteiger partial charge in [0.05, 0.1) is 61.3 Å². The highest BCUT2D eigenvalue weighted by atomic mass is 35.5. The van der Waals surface area contributed by atoms with Crippen LogP contribution in [0, 0.1) is 27.7 Å². The number of fused-ring (bicyclic) bond motifs is 4. The molecule has 1 fully saturated rings. The Morgan fingerprint density at radius 2 is 1.60 bits per heavy atom. The lowest BCUT2D eigenvalue weighted by molar-refractivity contribution is 0.0365. The second-order valence-electron chi connectivity index (χ2n) is 19.0. The van der Waals surface area contributed by atoms with Crippen molar-refractivity contribution in [2.24, 2.45) is 0 Å². The van der Waals surface area contributed by atoms with Gasteiger partial charge in [0, 0.05) is 95.9 Å². The van der Waals surface area contributed by atoms with Crippen molar-refractivity contribution < 1.29 is 23.7 Å². The van der Waals surface area contributed by atoms with Gasteiger partial charge in [-0.25, -0.2) is 15.0 Å². The number of aryl methyl sites for hydroxylation is 5. The summed E-state index contributed by atoms with van der Waals surface area (Å²) in [6.07, 6.45) is 5.12. The molecule has 2 aliphatic rings. The van der Waals surface area contributed by atoms with Gasteiger partial charge in [0.15, 0.2) is 11.6 Å². The summed E-state index contributed by atoms with van der Waals surface area (Å²) < 4.78 is 29.7. The van der Waals surface area contributed by atoms with Crippen molar-refractivity contribution in [2.45, 2.75) is 79.8 Å². The summed E-state index contributed by atoms with van der Waals surface area (Å²) in [7, 11) is 1.68. The molecular weight excluding hydrogens is 950 g/mol. The van der Waals surface area contributed by atoms with Crippen molar-refractivity contribution in [3.63, 3.8) is 0 Å². The summed E-state index contributed by atoms with van der Waals surface area (Å²) in [5.74, 6) is 1.89. The van der Waals surface area contributed by atoms with Crippen LogP contribution in [-0.4, -0.2) is 104 Å². The van der Waals surface area contributed by atoms with E-state index in [1.807, 2.05) is 81.1 Å². The van der Waals surface area contributed by atoms with E-state index in [-0.39, 0.29) is 18.6 Å². The van der Waals surface area contributed by atoms with E-state index in [0.29, 0.717) is 68.1 Å². The van der Waals surface area contributed by atoms with Gasteiger partial charge in [-0.1, -0.05) is 59.6 Å². The van der Waals surface area contributed by atoms with Crippen molar-refractivity contribution >= 4 is 56.6 Å². The number of methoxy groups -OCH3 is 1. The van der Waals surface area contributed by atoms with Crippen molar-refractivity contribution in [2.75, 3.05) is 64.6 Å². The van der Waals surface area contributed by atoms with Gasteiger partial charge in [-0.15, -0.1) is 0 Å². The Morgan fingerprint density at radius 3 is 2.35 bits per heavy atom. The fourth-order valence-electron chi connectivity index (χ4n) is 10.5. The van der Waals surface area contributed by atoms with Crippen molar-refractivity contribution in [1.29, 1.82) is 0 Å². The van der Waals surface area contributed by atoms with E-state index in [1.165, 1.54) is 0 Å². The number of benzene rings is 4. The molecule has 374 valence electrons. The normalized spacial score (nSPS) is 15.3. The molecule has 0 radical (unpaired) electrons. The number of nitrogens with zero attached hydrogens (tertiary/aromatic N) is 9. The number of aromatic nitrogens is 7. The number of hydrogen-bond donors (Lipinski definition) is 0. The van der Waals surface area contributed by atoms with Crippen LogP contribution >= 0.6 is 23.2 Å². The third-order valence-corrected chi connectivity index (χ3v) is 14.9. The molecule has 14 nitrogen and oxygen atoms in total. The fraction of sp³-hybridized carbons (Fsp3) is 0.375. The minimum absolute atomic E-state index is 0.0820. The first-order chi connectivity index (χ1) is 35.0. The van der Waals surface area contributed by atoms with E-state index < -0.39 is 0 Å². The first kappa shape index (κ1) is 49.4. The summed E-state index contributed by atoms with van der Waals surface area (Å²) in [6, 6.07) is 24.2. The highest BCUT2D eigenvalue weighted by Crippen LogP contribution is 2.46. The minimum atomic E-state index is -0.164. The second-order valence-corrected chi connectivity index (χ2v) is 19.8. The highest BCUT2D eigenvalue weighted by Gasteiger charge is 2.38. The van der Waals surface area contributed by atoms with Gasteiger partial charge in [0.25, 0.3) is 5.91 Å². The van der Waals surface area contributed by atoms with Crippen LogP contribution in [0.4, 0.5) is 5.69 Å². The lowest BCUT2D eigenvalue weighted by Gasteiger charge is -2.34. The molecule has 0 N–H and O–H groups in total. The van der Waals surface area contributed by atoms with Crippen molar-refractivity contribution in [1.82, 2.24) is 38.8 Å². The van der Waals surface area contributed by atoms with E-state index in [4.69, 9.17) is 57.2 Å². The Kier molecular flexibility index (Phi) is 14.8. The van der Waals surface area contributed by atoms with Crippen LogP contribution in [0.25, 0.3) is 44.3 Å². The number of amides is 1. The molecule has 10 rings (SSSR count). The van der Waals surface area contributed by atoms with Gasteiger partial charge in [-0.3, -0.25) is 14.4 Å². The summed E-state index contributed by atoms with van der Waals surface area (Å²) in [5.41, 5.74) is 11.4. The average molecular weight is 1010 g/mol. The van der Waals surface area contributed by atoms with Crippen molar-refractivity contribution in [3.05, 3.63) is 141 Å². The van der Waals surface area contributed by atoms with Crippen LogP contribution in [0.15, 0.2) is 85.3 Å². The molecule has 2 aliphatic heterocycles. The number of carbonyl (C=O) groups excluding carboxylic acids is 1. The molecule has 1 amide bonds. The molecule has 16 heteroatoms. The first-order valence-corrected chi connectivity index (χ1v) is 25.6. The predicted molar refractivity (Wildman–Crippen MR) is 284 cm³/mol. The lowest BCUT2D eigenvalue weighted by atomic mass is 9.97. The van der Waals surface area contributed by atoms with E-state index in [9.17, 15) is 0 Å². The van der Waals surface area contributed by atoms with Crippen LogP contribution in [0.2, 0.25) is 10.0 Å². The monoisotopic (exact) mass is 1010 g/mol. The minimum Gasteiger partial charge on any atom is -0.494 e. The van der Waals surface area contributed by atoms with Crippen LogP contribution in [0.1, 0.15) is 69.3 Å². The summed E-state index contributed by atoms with van der Waals surface area (Å²) in [5, 5.41) is 8.01. The van der Waals surface area contributed by atoms with Crippen LogP contribution in [0.5, 0.6) is 5.75 Å². The molecule has 8 aromatic rings. The zero-order chi connectivity index (χ0) is 50.0. The maximum atomic E-state index is 15.9. The summed E-state index contributed by atoms with van der Waals surface area (Å²) >= 11 is 13.9. The highest BCUT2D eigenvalue weighted by molar-refractivity contribution is 6.35. The molecule has 0 spiro atoms. The maximum absolute atomic E-state index is 15.9. The zero-order valence-corrected chi connectivity index (χ0v) is 43.4. The molecular formula is C56H61Cl2N9O5. The van der Waals surface area contributed by atoms with E-state index in [2.05, 4.69) is 56.4 Å². The zero-order valence-electron chi connectivity index (χ0n) is 41.9. The fourth-order valence-corrected chi connectivity index (χ4v) is 10.8. The Hall–Kier alpha value is -6.13. The molecule has 72 heavy (non-hydrogen) atoms. The molecule has 6 heterocycles. The third kappa shape index (κ3) is 10.0. The Labute approximate surface area is 430 Å². The number of ether oxygens (including phenoxy) is 4. The molecule has 0 aliphatic carbocycles. The number of morpholine rings is 1. The topological polar surface area (TPSA) is 127 Å². The number of carbonyl (C=O) groups is 1. The average Bonchev–Trinajstić information content (AvgIpc) is 4.10. The molecule has 4 aromatic heterocycles. The van der Waals surface area contributed by atoms with E-state index in [0.717, 1.165) is 128 Å². The van der Waals surface area contributed by atoms with E-state index in [1.54, 1.807) is 18.1 Å². The number of rotatable bonds is 18. The Morgan fingerprint density at radius 1 is 0.833 bits per heavy atom. The quantitative estimate of drug-likeness (QED) is 0.0767. The van der Waals surface area contributed by atoms with Crippen LogP contribution < -0.4 is 9.64 Å². The lowest BCUT2D eigenvalue weighted by Crippen LogP contribution is -2.42. The SMILES string of the molecule is COCCn1cnc(-c2ccc3c(c2)c(N2C[C@@H](C)n4c(c(CCCOc5cc(C)c(Cl)c(C)c5)c5ccc(Cl)c(-c6c(C)nc(COCc7ccccc7)nc6C)c54)C2=O)cn3CCN2CCOCC2)n1. The largest absolute Gasteiger partial charge is 0.494 e. The van der Waals surface area contributed by atoms with Crippen LogP contribution in [0.3, 0.4) is 0 Å². The molecule has 4 aromatic carbocycles. The van der Waals surface area contributed by atoms with Gasteiger partial charge in [0.2, 0.25) is 0 Å². The third-order valence-electron chi connectivity index (χ3n) is 13.9. The summed E-state index contributed by atoms with van der Waals surface area (Å²) in [4.78, 5) is 34.9. The molecule has 0 unspecified atom stereocenters. The molecule has 0 bridgehead atoms. The summed E-state index contributed by atoms with van der Waals surface area (Å²) in [6.45, 7) is 17.7.